The van der Waals surface area contributed by atoms with E-state index in [0.29, 0.717) is 18.0 Å². The molecular formula is C21H21F3N3. The van der Waals surface area contributed by atoms with Crippen molar-refractivity contribution >= 4 is 0 Å². The molecule has 2 atom stereocenters. The van der Waals surface area contributed by atoms with E-state index in [0.717, 1.165) is 49.9 Å². The van der Waals surface area contributed by atoms with Gasteiger partial charge in [-0.2, -0.15) is 0 Å². The molecule has 0 saturated heterocycles. The van der Waals surface area contributed by atoms with Crippen LogP contribution in [-0.4, -0.2) is 20.9 Å². The highest BCUT2D eigenvalue weighted by atomic mass is 19.2. The molecule has 3 nitrogen and oxygen atoms in total. The molecule has 0 spiro atoms. The van der Waals surface area contributed by atoms with E-state index >= 15 is 0 Å². The van der Waals surface area contributed by atoms with Gasteiger partial charge in [-0.05, 0) is 56.1 Å². The predicted octanol–water partition coefficient (Wildman–Crippen LogP) is 4.63. The summed E-state index contributed by atoms with van der Waals surface area (Å²) in [5, 5.41) is 0. The van der Waals surface area contributed by atoms with Crippen molar-refractivity contribution in [3.8, 4) is 0 Å². The molecule has 1 aromatic heterocycles. The molecule has 1 radical (unpaired) electrons. The van der Waals surface area contributed by atoms with Crippen LogP contribution < -0.4 is 0 Å². The summed E-state index contributed by atoms with van der Waals surface area (Å²) in [6, 6.07) is 2.03. The smallest absolute Gasteiger partial charge is 0.161 e. The van der Waals surface area contributed by atoms with E-state index in [-0.39, 0.29) is 11.5 Å². The molecule has 2 aromatic rings. The quantitative estimate of drug-likeness (QED) is 0.736. The first-order valence-electron chi connectivity index (χ1n) is 9.65. The van der Waals surface area contributed by atoms with Gasteiger partial charge in [-0.3, -0.25) is 4.90 Å². The van der Waals surface area contributed by atoms with Crippen molar-refractivity contribution in [2.75, 3.05) is 0 Å². The molecule has 0 amide bonds. The second-order valence-corrected chi connectivity index (χ2v) is 7.98. The largest absolute Gasteiger partial charge is 0.290 e. The highest BCUT2D eigenvalue weighted by molar-refractivity contribution is 5.28. The Balaban J connectivity index is 1.24. The maximum Gasteiger partial charge on any atom is 0.161 e. The zero-order valence-corrected chi connectivity index (χ0v) is 15.0. The summed E-state index contributed by atoms with van der Waals surface area (Å²) in [7, 11) is 0. The van der Waals surface area contributed by atoms with Crippen LogP contribution in [0, 0.1) is 23.9 Å². The van der Waals surface area contributed by atoms with Crippen LogP contribution in [0.4, 0.5) is 13.2 Å². The Morgan fingerprint density at radius 3 is 2.48 bits per heavy atom. The van der Waals surface area contributed by atoms with E-state index in [9.17, 15) is 13.2 Å². The van der Waals surface area contributed by atoms with Crippen molar-refractivity contribution in [2.24, 2.45) is 0 Å². The van der Waals surface area contributed by atoms with Gasteiger partial charge in [-0.25, -0.2) is 23.1 Å². The first-order valence-corrected chi connectivity index (χ1v) is 9.65. The average molecular weight is 372 g/mol. The molecule has 0 bridgehead atoms. The average Bonchev–Trinajstić information content (AvgIpc) is 3.43. The Labute approximate surface area is 156 Å². The lowest BCUT2D eigenvalue weighted by atomic mass is 9.81. The minimum atomic E-state index is -1.13. The number of hydrogen-bond donors (Lipinski definition) is 0. The summed E-state index contributed by atoms with van der Waals surface area (Å²) in [4.78, 5) is 11.7. The molecule has 141 valence electrons. The lowest BCUT2D eigenvalue weighted by molar-refractivity contribution is 0.166. The van der Waals surface area contributed by atoms with E-state index in [4.69, 9.17) is 4.98 Å². The molecule has 2 unspecified atom stereocenters. The van der Waals surface area contributed by atoms with Gasteiger partial charge in [-0.1, -0.05) is 0 Å². The molecule has 27 heavy (non-hydrogen) atoms. The van der Waals surface area contributed by atoms with E-state index in [1.54, 1.807) is 0 Å². The van der Waals surface area contributed by atoms with Crippen LogP contribution in [0.25, 0.3) is 0 Å². The molecule has 6 heteroatoms. The SMILES string of the molecule is Fc1cc(F)c(C2[CH]CC(N3Cc4cnc(C5CC5)nc4C3)CC2)cc1F. The molecule has 2 fully saturated rings. The van der Waals surface area contributed by atoms with Crippen LogP contribution in [0.15, 0.2) is 18.3 Å². The standard InChI is InChI=1S/C21H21F3N3/c22-17-8-19(24)18(23)7-16(17)12-3-5-15(6-4-12)27-10-14-9-25-21(13-1-2-13)26-20(14)11-27/h3,7-9,12-13,15H,1-2,4-6,10-11H2. The number of rotatable bonds is 3. The van der Waals surface area contributed by atoms with Gasteiger partial charge in [0.15, 0.2) is 11.6 Å². The normalized spacial score (nSPS) is 25.6. The first-order chi connectivity index (χ1) is 13.1. The number of fused-ring (bicyclic) bond motifs is 1. The number of nitrogens with zero attached hydrogens (tertiary/aromatic N) is 3. The van der Waals surface area contributed by atoms with E-state index in [1.807, 2.05) is 12.6 Å². The summed E-state index contributed by atoms with van der Waals surface area (Å²) < 4.78 is 40.7. The number of hydrogen-bond acceptors (Lipinski definition) is 3. The molecular weight excluding hydrogens is 351 g/mol. The third kappa shape index (κ3) is 3.24. The Morgan fingerprint density at radius 1 is 0.926 bits per heavy atom. The number of halogens is 3. The first kappa shape index (κ1) is 17.2. The molecule has 0 N–H and O–H groups in total. The van der Waals surface area contributed by atoms with Crippen molar-refractivity contribution in [1.29, 1.82) is 0 Å². The topological polar surface area (TPSA) is 29.0 Å². The van der Waals surface area contributed by atoms with Gasteiger partial charge in [-0.15, -0.1) is 0 Å². The summed E-state index contributed by atoms with van der Waals surface area (Å²) in [6.07, 6.45) is 8.86. The van der Waals surface area contributed by atoms with Crippen molar-refractivity contribution in [3.63, 3.8) is 0 Å². The summed E-state index contributed by atoms with van der Waals surface area (Å²) in [5.41, 5.74) is 2.60. The molecule has 2 heterocycles. The summed E-state index contributed by atoms with van der Waals surface area (Å²) in [6.45, 7) is 1.68. The van der Waals surface area contributed by atoms with E-state index in [1.165, 1.54) is 18.4 Å². The molecule has 3 aliphatic rings. The molecule has 2 saturated carbocycles. The number of aromatic nitrogens is 2. The van der Waals surface area contributed by atoms with Crippen LogP contribution in [0.1, 0.15) is 66.6 Å². The van der Waals surface area contributed by atoms with E-state index in [2.05, 4.69) is 9.88 Å². The van der Waals surface area contributed by atoms with Gasteiger partial charge in [0.2, 0.25) is 0 Å². The lowest BCUT2D eigenvalue weighted by Crippen LogP contribution is -2.34. The predicted molar refractivity (Wildman–Crippen MR) is 94.3 cm³/mol. The molecule has 1 aromatic carbocycles. The molecule has 5 rings (SSSR count). The van der Waals surface area contributed by atoms with Crippen molar-refractivity contribution in [3.05, 3.63) is 64.8 Å². The van der Waals surface area contributed by atoms with Crippen molar-refractivity contribution < 1.29 is 13.2 Å². The van der Waals surface area contributed by atoms with E-state index < -0.39 is 17.5 Å². The highest BCUT2D eigenvalue weighted by Crippen LogP contribution is 2.40. The maximum absolute atomic E-state index is 14.0. The third-order valence-electron chi connectivity index (χ3n) is 6.10. The van der Waals surface area contributed by atoms with Crippen LogP contribution >= 0.6 is 0 Å². The Bertz CT molecular complexity index is 873. The Kier molecular flexibility index (Phi) is 4.19. The van der Waals surface area contributed by atoms with Crippen LogP contribution in [-0.2, 0) is 13.1 Å². The van der Waals surface area contributed by atoms with Gasteiger partial charge < -0.3 is 0 Å². The van der Waals surface area contributed by atoms with Crippen LogP contribution in [0.5, 0.6) is 0 Å². The fraction of sp³-hybridized carbons (Fsp3) is 0.476. The summed E-state index contributed by atoms with van der Waals surface area (Å²) >= 11 is 0. The minimum absolute atomic E-state index is 0.164. The zero-order valence-electron chi connectivity index (χ0n) is 15.0. The lowest BCUT2D eigenvalue weighted by Gasteiger charge is -2.34. The highest BCUT2D eigenvalue weighted by Gasteiger charge is 2.34. The summed E-state index contributed by atoms with van der Waals surface area (Å²) in [5.74, 6) is -1.40. The molecule has 2 aliphatic carbocycles. The zero-order chi connectivity index (χ0) is 18.5. The van der Waals surface area contributed by atoms with Gasteiger partial charge in [0.05, 0.1) is 5.69 Å². The Morgan fingerprint density at radius 2 is 1.74 bits per heavy atom. The molecule has 1 aliphatic heterocycles. The monoisotopic (exact) mass is 372 g/mol. The minimum Gasteiger partial charge on any atom is -0.290 e. The fourth-order valence-corrected chi connectivity index (χ4v) is 4.36. The second kappa shape index (κ2) is 6.59. The van der Waals surface area contributed by atoms with Crippen LogP contribution in [0.2, 0.25) is 0 Å². The van der Waals surface area contributed by atoms with Crippen molar-refractivity contribution in [1.82, 2.24) is 14.9 Å². The van der Waals surface area contributed by atoms with Gasteiger partial charge in [0, 0.05) is 42.9 Å². The van der Waals surface area contributed by atoms with Gasteiger partial charge >= 0.3 is 0 Å². The fourth-order valence-electron chi connectivity index (χ4n) is 4.36. The Hall–Kier alpha value is -1.95. The van der Waals surface area contributed by atoms with Crippen molar-refractivity contribution in [2.45, 2.75) is 63.1 Å². The van der Waals surface area contributed by atoms with Gasteiger partial charge in [0.1, 0.15) is 11.6 Å². The third-order valence-corrected chi connectivity index (χ3v) is 6.10. The van der Waals surface area contributed by atoms with Gasteiger partial charge in [0.25, 0.3) is 0 Å². The number of benzene rings is 1. The maximum atomic E-state index is 14.0. The van der Waals surface area contributed by atoms with Crippen LogP contribution in [0.3, 0.4) is 0 Å². The second-order valence-electron chi connectivity index (χ2n) is 7.98.